The van der Waals surface area contributed by atoms with Gasteiger partial charge in [0.1, 0.15) is 0 Å². The second-order valence-corrected chi connectivity index (χ2v) is 9.48. The predicted molar refractivity (Wildman–Crippen MR) is 115 cm³/mol. The molecule has 0 spiro atoms. The Labute approximate surface area is 172 Å². The van der Waals surface area contributed by atoms with Crippen LogP contribution in [0.4, 0.5) is 0 Å². The molecule has 0 saturated heterocycles. The quantitative estimate of drug-likeness (QED) is 0.383. The van der Waals surface area contributed by atoms with E-state index in [1.807, 2.05) is 0 Å². The van der Waals surface area contributed by atoms with Crippen LogP contribution in [-0.2, 0) is 22.7 Å². The van der Waals surface area contributed by atoms with Gasteiger partial charge in [-0.3, -0.25) is 0 Å². The molecule has 0 aromatic heterocycles. The standard InChI is InChI=1S/C24H42O4/c1-23(2,19-25)12-5-7-14-27-17-21-10-9-11-22(16-21)18-28-15-8-6-13-24(3,4)20-26/h9-11,16,25-26H,5-8,12-15,17-20H2,1-4H3. The molecule has 4 nitrogen and oxygen atoms in total. The minimum absolute atomic E-state index is 0.0172. The van der Waals surface area contributed by atoms with Crippen LogP contribution < -0.4 is 0 Å². The highest BCUT2D eigenvalue weighted by Crippen LogP contribution is 2.22. The number of rotatable bonds is 16. The van der Waals surface area contributed by atoms with Gasteiger partial charge < -0.3 is 19.7 Å². The summed E-state index contributed by atoms with van der Waals surface area (Å²) in [6.45, 7) is 11.6. The maximum Gasteiger partial charge on any atom is 0.0716 e. The third-order valence-corrected chi connectivity index (χ3v) is 5.17. The van der Waals surface area contributed by atoms with Crippen LogP contribution in [0.3, 0.4) is 0 Å². The highest BCUT2D eigenvalue weighted by atomic mass is 16.5. The summed E-state index contributed by atoms with van der Waals surface area (Å²) < 4.78 is 11.6. The molecular formula is C24H42O4. The van der Waals surface area contributed by atoms with Crippen molar-refractivity contribution in [1.29, 1.82) is 0 Å². The van der Waals surface area contributed by atoms with Crippen LogP contribution >= 0.6 is 0 Å². The third kappa shape index (κ3) is 11.8. The zero-order chi connectivity index (χ0) is 20.9. The van der Waals surface area contributed by atoms with E-state index in [2.05, 4.69) is 52.0 Å². The lowest BCUT2D eigenvalue weighted by molar-refractivity contribution is 0.104. The molecule has 0 aliphatic rings. The molecule has 2 N–H and O–H groups in total. The third-order valence-electron chi connectivity index (χ3n) is 5.17. The van der Waals surface area contributed by atoms with E-state index < -0.39 is 0 Å². The van der Waals surface area contributed by atoms with Crippen LogP contribution in [0.25, 0.3) is 0 Å². The highest BCUT2D eigenvalue weighted by Gasteiger charge is 2.15. The van der Waals surface area contributed by atoms with Gasteiger partial charge >= 0.3 is 0 Å². The van der Waals surface area contributed by atoms with Gasteiger partial charge in [-0.05, 0) is 47.6 Å². The van der Waals surface area contributed by atoms with Crippen molar-refractivity contribution >= 4 is 0 Å². The number of ether oxygens (including phenoxy) is 2. The van der Waals surface area contributed by atoms with Crippen molar-refractivity contribution in [2.24, 2.45) is 10.8 Å². The van der Waals surface area contributed by atoms with Crippen molar-refractivity contribution in [3.63, 3.8) is 0 Å². The SMILES string of the molecule is CC(C)(CO)CCCCOCc1cccc(COCCCCC(C)(C)CO)c1. The highest BCUT2D eigenvalue weighted by molar-refractivity contribution is 5.22. The Morgan fingerprint density at radius 1 is 0.714 bits per heavy atom. The Morgan fingerprint density at radius 3 is 1.54 bits per heavy atom. The first-order valence-corrected chi connectivity index (χ1v) is 10.7. The van der Waals surface area contributed by atoms with Gasteiger partial charge in [0.15, 0.2) is 0 Å². The molecule has 0 aliphatic carbocycles. The van der Waals surface area contributed by atoms with E-state index in [4.69, 9.17) is 9.47 Å². The molecule has 4 heteroatoms. The average molecular weight is 395 g/mol. The molecule has 1 aromatic rings. The minimum Gasteiger partial charge on any atom is -0.396 e. The zero-order valence-electron chi connectivity index (χ0n) is 18.5. The first kappa shape index (κ1) is 25.1. The first-order valence-electron chi connectivity index (χ1n) is 10.7. The first-order chi connectivity index (χ1) is 13.3. The molecule has 0 amide bonds. The Hall–Kier alpha value is -0.940. The van der Waals surface area contributed by atoms with Crippen molar-refractivity contribution in [3.8, 4) is 0 Å². The van der Waals surface area contributed by atoms with Crippen LogP contribution in [0.1, 0.15) is 77.3 Å². The molecule has 1 rings (SSSR count). The fourth-order valence-corrected chi connectivity index (χ4v) is 2.96. The van der Waals surface area contributed by atoms with E-state index in [9.17, 15) is 10.2 Å². The van der Waals surface area contributed by atoms with E-state index in [0.717, 1.165) is 51.7 Å². The second kappa shape index (κ2) is 13.3. The maximum absolute atomic E-state index is 9.27. The summed E-state index contributed by atoms with van der Waals surface area (Å²) in [7, 11) is 0. The van der Waals surface area contributed by atoms with Gasteiger partial charge in [-0.1, -0.05) is 64.8 Å². The van der Waals surface area contributed by atoms with E-state index in [1.165, 1.54) is 11.1 Å². The largest absolute Gasteiger partial charge is 0.396 e. The molecule has 0 aliphatic heterocycles. The molecule has 0 bridgehead atoms. The number of hydrogen-bond donors (Lipinski definition) is 2. The van der Waals surface area contributed by atoms with Crippen LogP contribution in [-0.4, -0.2) is 36.6 Å². The Balaban J connectivity index is 2.15. The Bertz CT molecular complexity index is 482. The number of aliphatic hydroxyl groups excluding tert-OH is 2. The number of aliphatic hydroxyl groups is 2. The average Bonchev–Trinajstić information content (AvgIpc) is 2.67. The molecule has 0 radical (unpaired) electrons. The van der Waals surface area contributed by atoms with Crippen LogP contribution in [0.5, 0.6) is 0 Å². The summed E-state index contributed by atoms with van der Waals surface area (Å²) in [5, 5.41) is 18.5. The molecule has 0 atom stereocenters. The summed E-state index contributed by atoms with van der Waals surface area (Å²) in [5.74, 6) is 0. The van der Waals surface area contributed by atoms with Crippen LogP contribution in [0, 0.1) is 10.8 Å². The summed E-state index contributed by atoms with van der Waals surface area (Å²) in [4.78, 5) is 0. The van der Waals surface area contributed by atoms with Crippen LogP contribution in [0.15, 0.2) is 24.3 Å². The molecule has 0 heterocycles. The fourth-order valence-electron chi connectivity index (χ4n) is 2.96. The van der Waals surface area contributed by atoms with Gasteiger partial charge in [0, 0.05) is 26.4 Å². The summed E-state index contributed by atoms with van der Waals surface area (Å²) in [6.07, 6.45) is 6.26. The predicted octanol–water partition coefficient (Wildman–Crippen LogP) is 5.10. The van der Waals surface area contributed by atoms with Gasteiger partial charge in [0.05, 0.1) is 13.2 Å². The minimum atomic E-state index is 0.0172. The Morgan fingerprint density at radius 2 is 1.14 bits per heavy atom. The second-order valence-electron chi connectivity index (χ2n) is 9.48. The molecule has 0 unspecified atom stereocenters. The zero-order valence-corrected chi connectivity index (χ0v) is 18.5. The lowest BCUT2D eigenvalue weighted by Crippen LogP contribution is -2.16. The molecule has 162 valence electrons. The number of unbranched alkanes of at least 4 members (excludes halogenated alkanes) is 2. The van der Waals surface area contributed by atoms with Crippen molar-refractivity contribution in [2.45, 2.75) is 79.4 Å². The van der Waals surface area contributed by atoms with Gasteiger partial charge in [0.25, 0.3) is 0 Å². The van der Waals surface area contributed by atoms with Crippen molar-refractivity contribution in [3.05, 3.63) is 35.4 Å². The van der Waals surface area contributed by atoms with Crippen molar-refractivity contribution in [1.82, 2.24) is 0 Å². The van der Waals surface area contributed by atoms with Crippen molar-refractivity contribution < 1.29 is 19.7 Å². The Kier molecular flexibility index (Phi) is 11.9. The summed E-state index contributed by atoms with van der Waals surface area (Å²) >= 11 is 0. The van der Waals surface area contributed by atoms with Gasteiger partial charge in [-0.25, -0.2) is 0 Å². The normalized spacial score (nSPS) is 12.5. The topological polar surface area (TPSA) is 58.9 Å². The number of benzene rings is 1. The molecule has 0 saturated carbocycles. The fraction of sp³-hybridized carbons (Fsp3) is 0.750. The molecule has 1 aromatic carbocycles. The smallest absolute Gasteiger partial charge is 0.0716 e. The summed E-state index contributed by atoms with van der Waals surface area (Å²) in [6, 6.07) is 8.40. The number of hydrogen-bond acceptors (Lipinski definition) is 4. The van der Waals surface area contributed by atoms with Crippen molar-refractivity contribution in [2.75, 3.05) is 26.4 Å². The van der Waals surface area contributed by atoms with E-state index >= 15 is 0 Å². The molecule has 28 heavy (non-hydrogen) atoms. The van der Waals surface area contributed by atoms with Gasteiger partial charge in [0.2, 0.25) is 0 Å². The van der Waals surface area contributed by atoms with E-state index in [1.54, 1.807) is 0 Å². The lowest BCUT2D eigenvalue weighted by Gasteiger charge is -2.21. The lowest BCUT2D eigenvalue weighted by atomic mass is 9.88. The van der Waals surface area contributed by atoms with E-state index in [-0.39, 0.29) is 24.0 Å². The van der Waals surface area contributed by atoms with Crippen LogP contribution in [0.2, 0.25) is 0 Å². The van der Waals surface area contributed by atoms with Gasteiger partial charge in [-0.15, -0.1) is 0 Å². The monoisotopic (exact) mass is 394 g/mol. The van der Waals surface area contributed by atoms with E-state index in [0.29, 0.717) is 13.2 Å². The maximum atomic E-state index is 9.27. The van der Waals surface area contributed by atoms with Gasteiger partial charge in [-0.2, -0.15) is 0 Å². The summed E-state index contributed by atoms with van der Waals surface area (Å²) in [5.41, 5.74) is 2.40. The molecular weight excluding hydrogens is 352 g/mol. The molecule has 0 fully saturated rings.